The molecule has 0 aliphatic carbocycles. The van der Waals surface area contributed by atoms with Crippen LogP contribution in [0.3, 0.4) is 0 Å². The Bertz CT molecular complexity index is 934. The zero-order chi connectivity index (χ0) is 14.9. The highest BCUT2D eigenvalue weighted by Crippen LogP contribution is 2.18. The van der Waals surface area contributed by atoms with Gasteiger partial charge < -0.3 is 4.57 Å². The summed E-state index contributed by atoms with van der Waals surface area (Å²) in [6.07, 6.45) is 1.07. The number of imidazole rings is 1. The van der Waals surface area contributed by atoms with Crippen molar-refractivity contribution in [2.24, 2.45) is 0 Å². The monoisotopic (exact) mass is 291 g/mol. The van der Waals surface area contributed by atoms with E-state index < -0.39 is 0 Å². The van der Waals surface area contributed by atoms with Crippen LogP contribution in [0.2, 0.25) is 0 Å². The second-order valence-corrected chi connectivity index (χ2v) is 5.40. The molecule has 4 rings (SSSR count). The molecule has 0 aliphatic heterocycles. The molecule has 0 saturated carbocycles. The van der Waals surface area contributed by atoms with Crippen molar-refractivity contribution in [3.63, 3.8) is 0 Å². The number of rotatable bonds is 4. The third-order valence-corrected chi connectivity index (χ3v) is 3.89. The minimum Gasteiger partial charge on any atom is -0.326 e. The van der Waals surface area contributed by atoms with Gasteiger partial charge in [0.1, 0.15) is 17.9 Å². The molecule has 5 nitrogen and oxygen atoms in total. The molecular formula is C17H17N5. The lowest BCUT2D eigenvalue weighted by molar-refractivity contribution is 0.589. The average molecular weight is 291 g/mol. The molecule has 0 amide bonds. The molecule has 4 aromatic rings. The summed E-state index contributed by atoms with van der Waals surface area (Å²) in [5.74, 6) is 1.03. The van der Waals surface area contributed by atoms with Crippen LogP contribution in [0.15, 0.2) is 48.5 Å². The smallest absolute Gasteiger partial charge is 0.131 e. The number of nitrogens with zero attached hydrogens (tertiary/aromatic N) is 5. The number of aryl methyl sites for hydroxylation is 1. The number of para-hydroxylation sites is 3. The van der Waals surface area contributed by atoms with Crippen LogP contribution in [-0.4, -0.2) is 24.5 Å². The summed E-state index contributed by atoms with van der Waals surface area (Å²) in [7, 11) is 0. The number of aromatic nitrogens is 5. The summed E-state index contributed by atoms with van der Waals surface area (Å²) in [5.41, 5.74) is 4.18. The molecule has 0 radical (unpaired) electrons. The third kappa shape index (κ3) is 2.06. The van der Waals surface area contributed by atoms with Crippen molar-refractivity contribution in [1.82, 2.24) is 24.5 Å². The Hall–Kier alpha value is -2.69. The first-order valence-electron chi connectivity index (χ1n) is 7.59. The molecule has 0 bridgehead atoms. The molecule has 2 aromatic carbocycles. The van der Waals surface area contributed by atoms with E-state index in [0.29, 0.717) is 6.54 Å². The highest BCUT2D eigenvalue weighted by molar-refractivity contribution is 5.76. The Morgan fingerprint density at radius 3 is 2.45 bits per heavy atom. The van der Waals surface area contributed by atoms with E-state index >= 15 is 0 Å². The predicted octanol–water partition coefficient (Wildman–Crippen LogP) is 3.24. The highest BCUT2D eigenvalue weighted by atomic mass is 15.4. The molecule has 0 saturated heterocycles. The Morgan fingerprint density at radius 1 is 0.909 bits per heavy atom. The van der Waals surface area contributed by atoms with E-state index in [1.54, 1.807) is 0 Å². The fourth-order valence-electron chi connectivity index (χ4n) is 2.89. The van der Waals surface area contributed by atoms with Crippen molar-refractivity contribution in [3.05, 3.63) is 54.4 Å². The molecule has 0 unspecified atom stereocenters. The summed E-state index contributed by atoms with van der Waals surface area (Å²) >= 11 is 0. The minimum atomic E-state index is 0.634. The summed E-state index contributed by atoms with van der Waals surface area (Å²) in [4.78, 5) is 4.79. The first kappa shape index (κ1) is 13.0. The van der Waals surface area contributed by atoms with Crippen molar-refractivity contribution in [3.8, 4) is 0 Å². The maximum Gasteiger partial charge on any atom is 0.131 e. The topological polar surface area (TPSA) is 48.5 Å². The molecule has 0 N–H and O–H groups in total. The quantitative estimate of drug-likeness (QED) is 0.580. The van der Waals surface area contributed by atoms with E-state index in [2.05, 4.69) is 40.0 Å². The SMILES string of the molecule is CCCn1c(Cn2nnc3ccccc32)nc2ccccc21. The van der Waals surface area contributed by atoms with Crippen LogP contribution < -0.4 is 0 Å². The van der Waals surface area contributed by atoms with Crippen LogP contribution >= 0.6 is 0 Å². The molecular weight excluding hydrogens is 274 g/mol. The largest absolute Gasteiger partial charge is 0.326 e. The van der Waals surface area contributed by atoms with E-state index in [9.17, 15) is 0 Å². The van der Waals surface area contributed by atoms with Crippen LogP contribution in [-0.2, 0) is 13.1 Å². The van der Waals surface area contributed by atoms with Crippen molar-refractivity contribution in [2.75, 3.05) is 0 Å². The van der Waals surface area contributed by atoms with Gasteiger partial charge in [-0.1, -0.05) is 36.4 Å². The average Bonchev–Trinajstić information content (AvgIpc) is 3.11. The molecule has 0 aliphatic rings. The van der Waals surface area contributed by atoms with E-state index in [1.807, 2.05) is 35.0 Å². The molecule has 0 atom stereocenters. The summed E-state index contributed by atoms with van der Waals surface area (Å²) in [6.45, 7) is 3.78. The highest BCUT2D eigenvalue weighted by Gasteiger charge is 2.12. The van der Waals surface area contributed by atoms with Crippen molar-refractivity contribution >= 4 is 22.1 Å². The summed E-state index contributed by atoms with van der Waals surface area (Å²) < 4.78 is 4.20. The van der Waals surface area contributed by atoms with Gasteiger partial charge in [-0.15, -0.1) is 5.10 Å². The maximum absolute atomic E-state index is 4.79. The summed E-state index contributed by atoms with van der Waals surface area (Å²) in [5, 5.41) is 8.50. The van der Waals surface area contributed by atoms with Gasteiger partial charge in [0.15, 0.2) is 0 Å². The van der Waals surface area contributed by atoms with Crippen LogP contribution in [0.5, 0.6) is 0 Å². The van der Waals surface area contributed by atoms with Crippen LogP contribution in [0.25, 0.3) is 22.1 Å². The molecule has 0 spiro atoms. The lowest BCUT2D eigenvalue weighted by atomic mass is 10.3. The zero-order valence-electron chi connectivity index (χ0n) is 12.5. The number of fused-ring (bicyclic) bond motifs is 2. The van der Waals surface area contributed by atoms with Gasteiger partial charge in [-0.05, 0) is 30.7 Å². The van der Waals surface area contributed by atoms with Gasteiger partial charge in [0.25, 0.3) is 0 Å². The van der Waals surface area contributed by atoms with Gasteiger partial charge in [0.05, 0.1) is 16.6 Å². The number of benzene rings is 2. The van der Waals surface area contributed by atoms with Gasteiger partial charge >= 0.3 is 0 Å². The first-order valence-corrected chi connectivity index (χ1v) is 7.59. The summed E-state index contributed by atoms with van der Waals surface area (Å²) in [6, 6.07) is 16.3. The van der Waals surface area contributed by atoms with Crippen LogP contribution in [0.4, 0.5) is 0 Å². The number of hydrogen-bond acceptors (Lipinski definition) is 3. The standard InChI is InChI=1S/C17H17N5/c1-2-11-21-15-9-5-3-7-13(15)18-17(21)12-22-16-10-6-4-8-14(16)19-20-22/h3-10H,2,11-12H2,1H3. The molecule has 2 aromatic heterocycles. The lowest BCUT2D eigenvalue weighted by Gasteiger charge is -2.08. The van der Waals surface area contributed by atoms with Gasteiger partial charge in [-0.3, -0.25) is 0 Å². The molecule has 110 valence electrons. The van der Waals surface area contributed by atoms with Gasteiger partial charge in [-0.2, -0.15) is 0 Å². The minimum absolute atomic E-state index is 0.634. The fourth-order valence-corrected chi connectivity index (χ4v) is 2.89. The zero-order valence-corrected chi connectivity index (χ0v) is 12.5. The van der Waals surface area contributed by atoms with Gasteiger partial charge in [-0.25, -0.2) is 9.67 Å². The van der Waals surface area contributed by atoms with Crippen molar-refractivity contribution < 1.29 is 0 Å². The van der Waals surface area contributed by atoms with E-state index in [-0.39, 0.29) is 0 Å². The maximum atomic E-state index is 4.79. The molecule has 5 heteroatoms. The second-order valence-electron chi connectivity index (χ2n) is 5.40. The first-order chi connectivity index (χ1) is 10.9. The van der Waals surface area contributed by atoms with E-state index in [1.165, 1.54) is 5.52 Å². The van der Waals surface area contributed by atoms with E-state index in [0.717, 1.165) is 35.3 Å². The Morgan fingerprint density at radius 2 is 1.64 bits per heavy atom. The fraction of sp³-hybridized carbons (Fsp3) is 0.235. The molecule has 0 fully saturated rings. The van der Waals surface area contributed by atoms with Crippen molar-refractivity contribution in [1.29, 1.82) is 0 Å². The molecule has 22 heavy (non-hydrogen) atoms. The van der Waals surface area contributed by atoms with Crippen molar-refractivity contribution in [2.45, 2.75) is 26.4 Å². The van der Waals surface area contributed by atoms with Crippen LogP contribution in [0.1, 0.15) is 19.2 Å². The predicted molar refractivity (Wildman–Crippen MR) is 86.7 cm³/mol. The third-order valence-electron chi connectivity index (χ3n) is 3.89. The van der Waals surface area contributed by atoms with Crippen LogP contribution in [0, 0.1) is 0 Å². The lowest BCUT2D eigenvalue weighted by Crippen LogP contribution is -2.10. The normalized spacial score (nSPS) is 11.5. The van der Waals surface area contributed by atoms with E-state index in [4.69, 9.17) is 4.98 Å². The van der Waals surface area contributed by atoms with Gasteiger partial charge in [0.2, 0.25) is 0 Å². The Kier molecular flexibility index (Phi) is 3.11. The van der Waals surface area contributed by atoms with Gasteiger partial charge in [0, 0.05) is 6.54 Å². The Balaban J connectivity index is 1.82. The molecule has 2 heterocycles. The second kappa shape index (κ2) is 5.26. The number of hydrogen-bond donors (Lipinski definition) is 0. The Labute approximate surface area is 128 Å².